The molecule has 3 atom stereocenters. The monoisotopic (exact) mass is 321 g/mol. The van der Waals surface area contributed by atoms with E-state index in [-0.39, 0.29) is 12.4 Å². The summed E-state index contributed by atoms with van der Waals surface area (Å²) in [7, 11) is -3.04. The third-order valence-electron chi connectivity index (χ3n) is 2.98. The summed E-state index contributed by atoms with van der Waals surface area (Å²) in [6.45, 7) is -0.440. The van der Waals surface area contributed by atoms with Crippen LogP contribution in [-0.4, -0.2) is 50.3 Å². The van der Waals surface area contributed by atoms with E-state index in [1.807, 2.05) is 0 Å². The maximum absolute atomic E-state index is 11.2. The van der Waals surface area contributed by atoms with E-state index in [0.29, 0.717) is 0 Å². The maximum Gasteiger partial charge on any atom is 0.469 e. The average molecular weight is 321 g/mol. The Kier molecular flexibility index (Phi) is 4.77. The smallest absolute Gasteiger partial charge is 0.390 e. The highest BCUT2D eigenvalue weighted by Gasteiger charge is 2.37. The summed E-state index contributed by atoms with van der Waals surface area (Å²) < 4.78 is 22.0. The van der Waals surface area contributed by atoms with Gasteiger partial charge >= 0.3 is 7.82 Å². The third-order valence-corrected chi connectivity index (χ3v) is 3.47. The molecule has 0 saturated carbocycles. The van der Waals surface area contributed by atoms with Crippen molar-refractivity contribution in [3.05, 3.63) is 22.6 Å². The topological polar surface area (TPSA) is 143 Å². The maximum atomic E-state index is 11.2. The summed E-state index contributed by atoms with van der Waals surface area (Å²) in [4.78, 5) is 32.3. The fourth-order valence-corrected chi connectivity index (χ4v) is 2.38. The van der Waals surface area contributed by atoms with E-state index in [1.165, 1.54) is 16.8 Å². The first-order valence-electron chi connectivity index (χ1n) is 6.10. The molecule has 11 heteroatoms. The summed E-state index contributed by atoms with van der Waals surface area (Å²) in [5.74, 6) is 0.260. The van der Waals surface area contributed by atoms with Crippen molar-refractivity contribution in [3.63, 3.8) is 0 Å². The summed E-state index contributed by atoms with van der Waals surface area (Å²) in [5.41, 5.74) is -0.421. The van der Waals surface area contributed by atoms with Gasteiger partial charge in [-0.25, -0.2) is 4.57 Å². The lowest BCUT2D eigenvalue weighted by Crippen LogP contribution is -2.26. The van der Waals surface area contributed by atoms with E-state index >= 15 is 0 Å². The molecule has 1 fully saturated rings. The van der Waals surface area contributed by atoms with Crippen LogP contribution in [0, 0.1) is 0 Å². The van der Waals surface area contributed by atoms with Gasteiger partial charge in [-0.15, -0.1) is 0 Å². The molecule has 1 aromatic heterocycles. The number of ether oxygens (including phenoxy) is 1. The first-order valence-corrected chi connectivity index (χ1v) is 7.64. The van der Waals surface area contributed by atoms with Crippen molar-refractivity contribution in [2.24, 2.45) is 0 Å². The van der Waals surface area contributed by atoms with Crippen LogP contribution in [-0.2, 0) is 13.8 Å². The van der Waals surface area contributed by atoms with Crippen molar-refractivity contribution in [1.29, 1.82) is 0 Å². The van der Waals surface area contributed by atoms with Gasteiger partial charge in [0, 0.05) is 25.7 Å². The number of nitrogens with one attached hydrogen (secondary N) is 1. The molecule has 0 spiro atoms. The van der Waals surface area contributed by atoms with Crippen molar-refractivity contribution in [2.75, 3.05) is 19.0 Å². The number of phosphoric ester groups is 1. The predicted octanol–water partition coefficient (Wildman–Crippen LogP) is -0.957. The molecule has 21 heavy (non-hydrogen) atoms. The fraction of sp³-hybridized carbons (Fsp3) is 0.600. The SMILES string of the molecule is CNc1nc(=O)ccn1[C@H]1C[C@H](O)[C@@H](COP(=O)(O)O)O1. The second kappa shape index (κ2) is 6.22. The minimum Gasteiger partial charge on any atom is -0.390 e. The summed E-state index contributed by atoms with van der Waals surface area (Å²) in [6, 6.07) is 1.25. The molecule has 2 heterocycles. The predicted molar refractivity (Wildman–Crippen MR) is 70.6 cm³/mol. The first-order chi connectivity index (χ1) is 9.80. The average Bonchev–Trinajstić information content (AvgIpc) is 2.76. The van der Waals surface area contributed by atoms with Crippen LogP contribution in [0.15, 0.2) is 17.1 Å². The van der Waals surface area contributed by atoms with Gasteiger partial charge in [0.2, 0.25) is 5.95 Å². The number of rotatable bonds is 5. The molecule has 4 N–H and O–H groups in total. The minimum atomic E-state index is -4.62. The molecule has 0 aromatic carbocycles. The molecule has 10 nitrogen and oxygen atoms in total. The number of nitrogens with zero attached hydrogens (tertiary/aromatic N) is 2. The number of aromatic nitrogens is 2. The second-order valence-electron chi connectivity index (χ2n) is 4.47. The highest BCUT2D eigenvalue weighted by molar-refractivity contribution is 7.46. The lowest BCUT2D eigenvalue weighted by molar-refractivity contribution is -0.0432. The molecule has 0 aliphatic carbocycles. The zero-order chi connectivity index (χ0) is 15.6. The molecule has 1 aromatic rings. The first kappa shape index (κ1) is 16.1. The van der Waals surface area contributed by atoms with Crippen LogP contribution in [0.5, 0.6) is 0 Å². The van der Waals surface area contributed by atoms with Gasteiger partial charge in [0.25, 0.3) is 5.56 Å². The summed E-state index contributed by atoms with van der Waals surface area (Å²) in [6.07, 6.45) is -0.822. The number of hydrogen-bond donors (Lipinski definition) is 4. The largest absolute Gasteiger partial charge is 0.469 e. The third kappa shape index (κ3) is 4.10. The highest BCUT2D eigenvalue weighted by Crippen LogP contribution is 2.38. The quantitative estimate of drug-likeness (QED) is 0.504. The van der Waals surface area contributed by atoms with Crippen molar-refractivity contribution >= 4 is 13.8 Å². The van der Waals surface area contributed by atoms with Gasteiger partial charge in [-0.3, -0.25) is 13.9 Å². The Hall–Kier alpha value is -1.29. The van der Waals surface area contributed by atoms with E-state index in [9.17, 15) is 14.5 Å². The lowest BCUT2D eigenvalue weighted by Gasteiger charge is -2.19. The van der Waals surface area contributed by atoms with Crippen LogP contribution < -0.4 is 10.9 Å². The summed E-state index contributed by atoms with van der Waals surface area (Å²) in [5, 5.41) is 12.6. The van der Waals surface area contributed by atoms with Crippen LogP contribution >= 0.6 is 7.82 Å². The van der Waals surface area contributed by atoms with Gasteiger partial charge < -0.3 is 24.9 Å². The van der Waals surface area contributed by atoms with Crippen LogP contribution in [0.4, 0.5) is 5.95 Å². The standard InChI is InChI=1S/C10H16N3O7P/c1-11-10-12-8(15)2-3-13(10)9-4-6(14)7(20-9)5-19-21(16,17)18/h2-3,6-7,9,14H,4-5H2,1H3,(H,11,12,15)(H2,16,17,18)/t6-,7+,9+/m0/s1. The van der Waals surface area contributed by atoms with Crippen LogP contribution in [0.1, 0.15) is 12.6 Å². The van der Waals surface area contributed by atoms with E-state index in [1.54, 1.807) is 7.05 Å². The van der Waals surface area contributed by atoms with Crippen LogP contribution in [0.3, 0.4) is 0 Å². The number of anilines is 1. The van der Waals surface area contributed by atoms with Crippen molar-refractivity contribution in [2.45, 2.75) is 24.9 Å². The summed E-state index contributed by atoms with van der Waals surface area (Å²) >= 11 is 0. The van der Waals surface area contributed by atoms with Crippen molar-refractivity contribution in [1.82, 2.24) is 9.55 Å². The van der Waals surface area contributed by atoms with E-state index < -0.39 is 38.4 Å². The normalized spacial score (nSPS) is 26.0. The van der Waals surface area contributed by atoms with Crippen LogP contribution in [0.25, 0.3) is 0 Å². The number of hydrogen-bond acceptors (Lipinski definition) is 7. The van der Waals surface area contributed by atoms with Gasteiger partial charge in [0.05, 0.1) is 12.7 Å². The van der Waals surface area contributed by atoms with Gasteiger partial charge in [0.15, 0.2) is 0 Å². The van der Waals surface area contributed by atoms with Gasteiger partial charge in [-0.05, 0) is 0 Å². The van der Waals surface area contributed by atoms with Gasteiger partial charge in [-0.2, -0.15) is 4.98 Å². The minimum absolute atomic E-state index is 0.175. The molecule has 1 aliphatic rings. The van der Waals surface area contributed by atoms with E-state index in [2.05, 4.69) is 14.8 Å². The Morgan fingerprint density at radius 2 is 2.33 bits per heavy atom. The van der Waals surface area contributed by atoms with Gasteiger partial charge in [-0.1, -0.05) is 0 Å². The second-order valence-corrected chi connectivity index (χ2v) is 5.70. The molecule has 0 amide bonds. The highest BCUT2D eigenvalue weighted by atomic mass is 31.2. The van der Waals surface area contributed by atoms with Crippen LogP contribution in [0.2, 0.25) is 0 Å². The van der Waals surface area contributed by atoms with Crippen molar-refractivity contribution in [3.8, 4) is 0 Å². The zero-order valence-electron chi connectivity index (χ0n) is 11.1. The Labute approximate surface area is 119 Å². The number of aliphatic hydroxyl groups is 1. The molecular weight excluding hydrogens is 305 g/mol. The molecular formula is C10H16N3O7P. The Bertz CT molecular complexity index is 601. The number of aliphatic hydroxyl groups excluding tert-OH is 1. The fourth-order valence-electron chi connectivity index (χ4n) is 2.04. The Morgan fingerprint density at radius 1 is 1.62 bits per heavy atom. The van der Waals surface area contributed by atoms with E-state index in [4.69, 9.17) is 14.5 Å². The Balaban J connectivity index is 2.10. The molecule has 0 unspecified atom stereocenters. The Morgan fingerprint density at radius 3 is 2.95 bits per heavy atom. The molecule has 0 radical (unpaired) electrons. The number of phosphoric acid groups is 1. The van der Waals surface area contributed by atoms with E-state index in [0.717, 1.165) is 0 Å². The van der Waals surface area contributed by atoms with Gasteiger partial charge in [0.1, 0.15) is 12.3 Å². The molecule has 0 bridgehead atoms. The molecule has 1 aliphatic heterocycles. The lowest BCUT2D eigenvalue weighted by atomic mass is 10.2. The van der Waals surface area contributed by atoms with Crippen molar-refractivity contribution < 1.29 is 28.7 Å². The molecule has 2 rings (SSSR count). The zero-order valence-corrected chi connectivity index (χ0v) is 12.0. The molecule has 118 valence electrons. The molecule has 1 saturated heterocycles.